The van der Waals surface area contributed by atoms with Gasteiger partial charge in [-0.15, -0.1) is 0 Å². The molecule has 0 aromatic heterocycles. The van der Waals surface area contributed by atoms with Gasteiger partial charge in [-0.3, -0.25) is 0 Å². The Labute approximate surface area is 113 Å². The summed E-state index contributed by atoms with van der Waals surface area (Å²) < 4.78 is 0. The van der Waals surface area contributed by atoms with Crippen molar-refractivity contribution in [2.75, 3.05) is 0 Å². The first-order valence-electron chi connectivity index (χ1n) is 6.06. The fourth-order valence-corrected chi connectivity index (χ4v) is 2.94. The molecule has 0 aliphatic heterocycles. The third-order valence-corrected chi connectivity index (χ3v) is 4.36. The van der Waals surface area contributed by atoms with Gasteiger partial charge in [0.1, 0.15) is 0 Å². The van der Waals surface area contributed by atoms with Gasteiger partial charge in [-0.05, 0) is 48.4 Å². The SMILES string of the molecule is CC(C)C1CC(O)(Cc2cc(Cl)ccc2Cl)C1. The summed E-state index contributed by atoms with van der Waals surface area (Å²) in [6.07, 6.45) is 2.34. The molecule has 0 atom stereocenters. The lowest BCUT2D eigenvalue weighted by Crippen LogP contribution is -2.47. The molecule has 0 unspecified atom stereocenters. The molecule has 3 heteroatoms. The maximum absolute atomic E-state index is 10.4. The molecule has 17 heavy (non-hydrogen) atoms. The minimum Gasteiger partial charge on any atom is -0.390 e. The first kappa shape index (κ1) is 13.2. The van der Waals surface area contributed by atoms with Gasteiger partial charge in [-0.2, -0.15) is 0 Å². The molecule has 1 nitrogen and oxygen atoms in total. The van der Waals surface area contributed by atoms with Crippen LogP contribution in [0.25, 0.3) is 0 Å². The summed E-state index contributed by atoms with van der Waals surface area (Å²) in [5.41, 5.74) is 0.368. The molecule has 1 fully saturated rings. The fraction of sp³-hybridized carbons (Fsp3) is 0.571. The van der Waals surface area contributed by atoms with Crippen molar-refractivity contribution in [3.8, 4) is 0 Å². The fourth-order valence-electron chi connectivity index (χ4n) is 2.57. The van der Waals surface area contributed by atoms with Crippen molar-refractivity contribution in [2.24, 2.45) is 11.8 Å². The molecule has 1 N–H and O–H groups in total. The highest BCUT2D eigenvalue weighted by Crippen LogP contribution is 2.44. The van der Waals surface area contributed by atoms with Gasteiger partial charge in [0.2, 0.25) is 0 Å². The van der Waals surface area contributed by atoms with Crippen LogP contribution in [0.1, 0.15) is 32.3 Å². The second-order valence-corrected chi connectivity index (χ2v) is 6.39. The molecule has 0 saturated heterocycles. The van der Waals surface area contributed by atoms with Gasteiger partial charge in [0.25, 0.3) is 0 Å². The number of rotatable bonds is 3. The zero-order valence-electron chi connectivity index (χ0n) is 10.2. The summed E-state index contributed by atoms with van der Waals surface area (Å²) in [6, 6.07) is 5.42. The molecule has 2 rings (SSSR count). The van der Waals surface area contributed by atoms with E-state index in [1.54, 1.807) is 12.1 Å². The quantitative estimate of drug-likeness (QED) is 0.868. The summed E-state index contributed by atoms with van der Waals surface area (Å²) >= 11 is 12.1. The predicted octanol–water partition coefficient (Wildman–Crippen LogP) is 4.33. The van der Waals surface area contributed by atoms with Crippen LogP contribution >= 0.6 is 23.2 Å². The molecule has 1 aromatic carbocycles. The predicted molar refractivity (Wildman–Crippen MR) is 72.7 cm³/mol. The average molecular weight is 273 g/mol. The number of hydrogen-bond donors (Lipinski definition) is 1. The van der Waals surface area contributed by atoms with Gasteiger partial charge in [-0.1, -0.05) is 37.0 Å². The Morgan fingerprint density at radius 3 is 2.59 bits per heavy atom. The van der Waals surface area contributed by atoms with Crippen LogP contribution < -0.4 is 0 Å². The lowest BCUT2D eigenvalue weighted by Gasteiger charge is -2.46. The maximum atomic E-state index is 10.4. The molecular formula is C14H18Cl2O. The second kappa shape index (κ2) is 4.79. The number of aliphatic hydroxyl groups is 1. The molecular weight excluding hydrogens is 255 g/mol. The molecule has 0 spiro atoms. The summed E-state index contributed by atoms with van der Waals surface area (Å²) in [6.45, 7) is 4.41. The van der Waals surface area contributed by atoms with E-state index in [1.165, 1.54) is 0 Å². The summed E-state index contributed by atoms with van der Waals surface area (Å²) in [4.78, 5) is 0. The van der Waals surface area contributed by atoms with Gasteiger partial charge in [0, 0.05) is 16.5 Å². The number of hydrogen-bond acceptors (Lipinski definition) is 1. The number of halogens is 2. The third kappa shape index (κ3) is 2.96. The van der Waals surface area contributed by atoms with Crippen molar-refractivity contribution in [3.05, 3.63) is 33.8 Å². The van der Waals surface area contributed by atoms with E-state index in [9.17, 15) is 5.11 Å². The monoisotopic (exact) mass is 272 g/mol. The van der Waals surface area contributed by atoms with Crippen LogP contribution in [0.2, 0.25) is 10.0 Å². The minimum atomic E-state index is -0.580. The van der Waals surface area contributed by atoms with Crippen LogP contribution in [0, 0.1) is 11.8 Å². The smallest absolute Gasteiger partial charge is 0.0694 e. The van der Waals surface area contributed by atoms with Crippen molar-refractivity contribution in [3.63, 3.8) is 0 Å². The van der Waals surface area contributed by atoms with Crippen LogP contribution in [0.5, 0.6) is 0 Å². The van der Waals surface area contributed by atoms with Crippen LogP contribution in [0.15, 0.2) is 18.2 Å². The maximum Gasteiger partial charge on any atom is 0.0694 e. The van der Waals surface area contributed by atoms with E-state index in [0.29, 0.717) is 28.3 Å². The topological polar surface area (TPSA) is 20.2 Å². The van der Waals surface area contributed by atoms with Gasteiger partial charge in [-0.25, -0.2) is 0 Å². The van der Waals surface area contributed by atoms with E-state index >= 15 is 0 Å². The Balaban J connectivity index is 2.05. The molecule has 1 aliphatic carbocycles. The van der Waals surface area contributed by atoms with Crippen molar-refractivity contribution < 1.29 is 5.11 Å². The zero-order valence-corrected chi connectivity index (χ0v) is 11.7. The van der Waals surface area contributed by atoms with Gasteiger partial charge >= 0.3 is 0 Å². The molecule has 94 valence electrons. The lowest BCUT2D eigenvalue weighted by molar-refractivity contribution is -0.0860. The molecule has 0 amide bonds. The van der Waals surface area contributed by atoms with E-state index in [0.717, 1.165) is 18.4 Å². The Morgan fingerprint density at radius 1 is 1.35 bits per heavy atom. The number of benzene rings is 1. The van der Waals surface area contributed by atoms with Crippen molar-refractivity contribution in [1.82, 2.24) is 0 Å². The normalized spacial score (nSPS) is 28.2. The van der Waals surface area contributed by atoms with Gasteiger partial charge in [0.15, 0.2) is 0 Å². The van der Waals surface area contributed by atoms with Gasteiger partial charge in [0.05, 0.1) is 5.60 Å². The summed E-state index contributed by atoms with van der Waals surface area (Å²) in [5, 5.41) is 11.8. The van der Waals surface area contributed by atoms with Crippen molar-refractivity contribution in [1.29, 1.82) is 0 Å². The molecule has 0 radical (unpaired) electrons. The molecule has 0 heterocycles. The van der Waals surface area contributed by atoms with Crippen LogP contribution in [0.3, 0.4) is 0 Å². The molecule has 1 aliphatic rings. The zero-order chi connectivity index (χ0) is 12.6. The first-order valence-corrected chi connectivity index (χ1v) is 6.81. The molecule has 0 bridgehead atoms. The van der Waals surface area contributed by atoms with Crippen molar-refractivity contribution >= 4 is 23.2 Å². The summed E-state index contributed by atoms with van der Waals surface area (Å²) in [5.74, 6) is 1.28. The van der Waals surface area contributed by atoms with Gasteiger partial charge < -0.3 is 5.11 Å². The Bertz CT molecular complexity index is 409. The highest BCUT2D eigenvalue weighted by atomic mass is 35.5. The van der Waals surface area contributed by atoms with Crippen LogP contribution in [-0.4, -0.2) is 10.7 Å². The summed E-state index contributed by atoms with van der Waals surface area (Å²) in [7, 11) is 0. The van der Waals surface area contributed by atoms with E-state index in [4.69, 9.17) is 23.2 Å². The Kier molecular flexibility index (Phi) is 3.72. The molecule has 1 saturated carbocycles. The first-order chi connectivity index (χ1) is 7.89. The molecule has 1 aromatic rings. The van der Waals surface area contributed by atoms with E-state index in [-0.39, 0.29) is 0 Å². The second-order valence-electron chi connectivity index (χ2n) is 5.55. The standard InChI is InChI=1S/C14H18Cl2O/c1-9(2)11-7-14(17,8-11)6-10-5-12(15)3-4-13(10)16/h3-5,9,11,17H,6-8H2,1-2H3. The lowest BCUT2D eigenvalue weighted by atomic mass is 9.64. The van der Waals surface area contributed by atoms with E-state index in [1.807, 2.05) is 6.07 Å². The highest BCUT2D eigenvalue weighted by Gasteiger charge is 2.43. The minimum absolute atomic E-state index is 0.580. The third-order valence-electron chi connectivity index (χ3n) is 3.75. The average Bonchev–Trinajstić information content (AvgIpc) is 2.19. The Hall–Kier alpha value is -0.240. The van der Waals surface area contributed by atoms with Crippen LogP contribution in [0.4, 0.5) is 0 Å². The van der Waals surface area contributed by atoms with Crippen LogP contribution in [-0.2, 0) is 6.42 Å². The van der Waals surface area contributed by atoms with Crippen molar-refractivity contribution in [2.45, 2.75) is 38.7 Å². The largest absolute Gasteiger partial charge is 0.390 e. The van der Waals surface area contributed by atoms with E-state index in [2.05, 4.69) is 13.8 Å². The Morgan fingerprint density at radius 2 is 2.00 bits per heavy atom. The highest BCUT2D eigenvalue weighted by molar-refractivity contribution is 6.33. The van der Waals surface area contributed by atoms with E-state index < -0.39 is 5.60 Å².